The van der Waals surface area contributed by atoms with Crippen LogP contribution in [0.25, 0.3) is 0 Å². The van der Waals surface area contributed by atoms with Crippen molar-refractivity contribution in [3.63, 3.8) is 0 Å². The molecule has 0 spiro atoms. The molecule has 0 radical (unpaired) electrons. The zero-order chi connectivity index (χ0) is 23.5. The second-order valence-corrected chi connectivity index (χ2v) is 10.8. The van der Waals surface area contributed by atoms with Gasteiger partial charge in [-0.25, -0.2) is 16.8 Å². The van der Waals surface area contributed by atoms with Gasteiger partial charge in [-0.3, -0.25) is 14.2 Å². The molecular weight excluding hydrogens is 474 g/mol. The Balaban J connectivity index is 1.76. The number of hydrogen-bond donors (Lipinski definition) is 3. The summed E-state index contributed by atoms with van der Waals surface area (Å²) in [5, 5.41) is 2.74. The van der Waals surface area contributed by atoms with Gasteiger partial charge in [0.2, 0.25) is 10.0 Å². The molecule has 3 N–H and O–H groups in total. The Labute approximate surface area is 191 Å². The molecule has 0 saturated heterocycles. The standard InChI is InChI=1S/C21H20ClN3O5S2/c1-14-5-3-4-6-20(14)25-32(29,30)17-10-7-15(8-11-17)23-21(26)18-13-16(9-12-19(18)22)24-31(2,27)28/h3-13,24-25H,1-2H3,(H,23,26). The van der Waals surface area contributed by atoms with Gasteiger partial charge < -0.3 is 5.32 Å². The third-order valence-corrected chi connectivity index (χ3v) is 6.64. The maximum atomic E-state index is 12.6. The van der Waals surface area contributed by atoms with Gasteiger partial charge in [0.1, 0.15) is 0 Å². The first kappa shape index (κ1) is 23.6. The first-order chi connectivity index (χ1) is 14.9. The number of carbonyl (C=O) groups is 1. The van der Waals surface area contributed by atoms with Crippen molar-refractivity contribution < 1.29 is 21.6 Å². The van der Waals surface area contributed by atoms with Crippen molar-refractivity contribution in [3.05, 3.63) is 82.9 Å². The van der Waals surface area contributed by atoms with Gasteiger partial charge in [0, 0.05) is 11.4 Å². The second-order valence-electron chi connectivity index (χ2n) is 6.97. The van der Waals surface area contributed by atoms with Crippen LogP contribution in [0.2, 0.25) is 5.02 Å². The summed E-state index contributed by atoms with van der Waals surface area (Å²) in [6.07, 6.45) is 0.991. The lowest BCUT2D eigenvalue weighted by Gasteiger charge is -2.12. The van der Waals surface area contributed by atoms with Crippen LogP contribution in [0.3, 0.4) is 0 Å². The predicted octanol–water partition coefficient (Wildman–Crippen LogP) is 4.07. The number of halogens is 1. The van der Waals surface area contributed by atoms with E-state index in [0.717, 1.165) is 11.8 Å². The minimum Gasteiger partial charge on any atom is -0.322 e. The number of aryl methyl sites for hydroxylation is 1. The lowest BCUT2D eigenvalue weighted by Crippen LogP contribution is -2.15. The lowest BCUT2D eigenvalue weighted by atomic mass is 10.2. The Morgan fingerprint density at radius 1 is 0.844 bits per heavy atom. The minimum absolute atomic E-state index is 0.0242. The summed E-state index contributed by atoms with van der Waals surface area (Å²) >= 11 is 6.08. The maximum Gasteiger partial charge on any atom is 0.261 e. The van der Waals surface area contributed by atoms with E-state index in [1.807, 2.05) is 6.07 Å². The molecule has 1 amide bonds. The first-order valence-electron chi connectivity index (χ1n) is 9.22. The van der Waals surface area contributed by atoms with Gasteiger partial charge in [-0.15, -0.1) is 0 Å². The Bertz CT molecular complexity index is 1370. The number of carbonyl (C=O) groups excluding carboxylic acids is 1. The van der Waals surface area contributed by atoms with E-state index in [2.05, 4.69) is 14.8 Å². The van der Waals surface area contributed by atoms with E-state index in [0.29, 0.717) is 11.4 Å². The van der Waals surface area contributed by atoms with Crippen molar-refractivity contribution in [3.8, 4) is 0 Å². The first-order valence-corrected chi connectivity index (χ1v) is 13.0. The Morgan fingerprint density at radius 3 is 2.09 bits per heavy atom. The number of amides is 1. The van der Waals surface area contributed by atoms with Gasteiger partial charge in [0.15, 0.2) is 0 Å². The number of hydrogen-bond acceptors (Lipinski definition) is 5. The van der Waals surface area contributed by atoms with E-state index in [-0.39, 0.29) is 21.2 Å². The van der Waals surface area contributed by atoms with E-state index in [9.17, 15) is 21.6 Å². The summed E-state index contributed by atoms with van der Waals surface area (Å²) < 4.78 is 52.9. The molecule has 0 atom stereocenters. The third kappa shape index (κ3) is 6.00. The van der Waals surface area contributed by atoms with Crippen LogP contribution < -0.4 is 14.8 Å². The summed E-state index contributed by atoms with van der Waals surface area (Å²) in [5.41, 5.74) is 1.83. The third-order valence-electron chi connectivity index (χ3n) is 4.33. The zero-order valence-electron chi connectivity index (χ0n) is 17.1. The molecule has 0 aliphatic rings. The van der Waals surface area contributed by atoms with Crippen LogP contribution in [0.5, 0.6) is 0 Å². The number of anilines is 3. The van der Waals surface area contributed by atoms with Crippen molar-refractivity contribution in [2.75, 3.05) is 21.0 Å². The fraction of sp³-hybridized carbons (Fsp3) is 0.0952. The number of benzene rings is 3. The average Bonchev–Trinajstić information content (AvgIpc) is 2.70. The van der Waals surface area contributed by atoms with E-state index >= 15 is 0 Å². The largest absolute Gasteiger partial charge is 0.322 e. The van der Waals surface area contributed by atoms with Crippen LogP contribution in [0.4, 0.5) is 17.1 Å². The fourth-order valence-electron chi connectivity index (χ4n) is 2.78. The molecule has 0 saturated carbocycles. The molecule has 0 unspecified atom stereocenters. The number of sulfonamides is 2. The number of nitrogens with one attached hydrogen (secondary N) is 3. The molecule has 0 aliphatic carbocycles. The maximum absolute atomic E-state index is 12.6. The normalized spacial score (nSPS) is 11.6. The molecule has 0 aliphatic heterocycles. The van der Waals surface area contributed by atoms with Gasteiger partial charge in [0.25, 0.3) is 15.9 Å². The van der Waals surface area contributed by atoms with E-state index < -0.39 is 26.0 Å². The Hall–Kier alpha value is -3.08. The molecule has 0 heterocycles. The van der Waals surface area contributed by atoms with Crippen LogP contribution >= 0.6 is 11.6 Å². The molecule has 3 aromatic rings. The molecule has 3 aromatic carbocycles. The highest BCUT2D eigenvalue weighted by molar-refractivity contribution is 7.92. The molecule has 32 heavy (non-hydrogen) atoms. The second kappa shape index (κ2) is 9.19. The summed E-state index contributed by atoms with van der Waals surface area (Å²) in [5.74, 6) is -0.583. The minimum atomic E-state index is -3.81. The monoisotopic (exact) mass is 493 g/mol. The van der Waals surface area contributed by atoms with Crippen LogP contribution in [0.15, 0.2) is 71.6 Å². The van der Waals surface area contributed by atoms with Crippen LogP contribution in [0, 0.1) is 6.92 Å². The molecule has 0 aromatic heterocycles. The van der Waals surface area contributed by atoms with Crippen molar-refractivity contribution in [2.45, 2.75) is 11.8 Å². The SMILES string of the molecule is Cc1ccccc1NS(=O)(=O)c1ccc(NC(=O)c2cc(NS(C)(=O)=O)ccc2Cl)cc1. The molecule has 3 rings (SSSR count). The average molecular weight is 494 g/mol. The summed E-state index contributed by atoms with van der Waals surface area (Å²) in [6, 6.07) is 16.7. The summed E-state index contributed by atoms with van der Waals surface area (Å²) in [7, 11) is -7.34. The summed E-state index contributed by atoms with van der Waals surface area (Å²) in [4.78, 5) is 12.6. The van der Waals surface area contributed by atoms with Gasteiger partial charge in [-0.05, 0) is 61.0 Å². The van der Waals surface area contributed by atoms with E-state index in [4.69, 9.17) is 11.6 Å². The molecule has 8 nitrogen and oxygen atoms in total. The molecule has 0 fully saturated rings. The van der Waals surface area contributed by atoms with Crippen LogP contribution in [-0.4, -0.2) is 29.0 Å². The molecule has 168 valence electrons. The Kier molecular flexibility index (Phi) is 6.77. The predicted molar refractivity (Wildman–Crippen MR) is 126 cm³/mol. The highest BCUT2D eigenvalue weighted by Gasteiger charge is 2.17. The molecule has 0 bridgehead atoms. The van der Waals surface area contributed by atoms with Crippen molar-refractivity contribution >= 4 is 54.6 Å². The lowest BCUT2D eigenvalue weighted by molar-refractivity contribution is 0.102. The topological polar surface area (TPSA) is 121 Å². The quantitative estimate of drug-likeness (QED) is 0.458. The van der Waals surface area contributed by atoms with Gasteiger partial charge in [-0.1, -0.05) is 29.8 Å². The molecule has 11 heteroatoms. The zero-order valence-corrected chi connectivity index (χ0v) is 19.5. The highest BCUT2D eigenvalue weighted by atomic mass is 35.5. The van der Waals surface area contributed by atoms with E-state index in [1.165, 1.54) is 42.5 Å². The van der Waals surface area contributed by atoms with Crippen LogP contribution in [0.1, 0.15) is 15.9 Å². The highest BCUT2D eigenvalue weighted by Crippen LogP contribution is 2.24. The Morgan fingerprint density at radius 2 is 1.47 bits per heavy atom. The van der Waals surface area contributed by atoms with Crippen molar-refractivity contribution in [1.29, 1.82) is 0 Å². The van der Waals surface area contributed by atoms with Gasteiger partial charge >= 0.3 is 0 Å². The van der Waals surface area contributed by atoms with Crippen LogP contribution in [-0.2, 0) is 20.0 Å². The van der Waals surface area contributed by atoms with Gasteiger partial charge in [-0.2, -0.15) is 0 Å². The number of para-hydroxylation sites is 1. The number of rotatable bonds is 7. The van der Waals surface area contributed by atoms with E-state index in [1.54, 1.807) is 25.1 Å². The smallest absolute Gasteiger partial charge is 0.261 e. The molecular formula is C21H20ClN3O5S2. The van der Waals surface area contributed by atoms with Crippen molar-refractivity contribution in [1.82, 2.24) is 0 Å². The fourth-order valence-corrected chi connectivity index (χ4v) is 4.67. The van der Waals surface area contributed by atoms with Crippen molar-refractivity contribution in [2.24, 2.45) is 0 Å². The summed E-state index contributed by atoms with van der Waals surface area (Å²) in [6.45, 7) is 1.79. The van der Waals surface area contributed by atoms with Gasteiger partial charge in [0.05, 0.1) is 27.4 Å².